The van der Waals surface area contributed by atoms with Gasteiger partial charge < -0.3 is 10.1 Å². The van der Waals surface area contributed by atoms with E-state index in [-0.39, 0.29) is 0 Å². The second kappa shape index (κ2) is 8.26. The summed E-state index contributed by atoms with van der Waals surface area (Å²) in [5.74, 6) is 2.67. The van der Waals surface area contributed by atoms with Gasteiger partial charge in [-0.1, -0.05) is 33.1 Å². The number of hydrogen-bond donors (Lipinski definition) is 1. The molecule has 0 aromatic heterocycles. The zero-order chi connectivity index (χ0) is 13.5. The monoisotopic (exact) mass is 267 g/mol. The van der Waals surface area contributed by atoms with E-state index in [0.717, 1.165) is 30.9 Å². The van der Waals surface area contributed by atoms with E-state index in [4.69, 9.17) is 4.74 Å². The Morgan fingerprint density at radius 2 is 1.74 bits per heavy atom. The summed E-state index contributed by atoms with van der Waals surface area (Å²) < 4.78 is 6.03. The van der Waals surface area contributed by atoms with Crippen LogP contribution >= 0.6 is 0 Å². The van der Waals surface area contributed by atoms with Gasteiger partial charge in [0.1, 0.15) is 0 Å². The molecule has 2 aliphatic rings. The van der Waals surface area contributed by atoms with Crippen molar-refractivity contribution in [2.45, 2.75) is 71.3 Å². The van der Waals surface area contributed by atoms with Crippen molar-refractivity contribution in [3.8, 4) is 0 Å². The second-order valence-corrected chi connectivity index (χ2v) is 6.97. The second-order valence-electron chi connectivity index (χ2n) is 6.97. The molecule has 2 fully saturated rings. The van der Waals surface area contributed by atoms with Crippen molar-refractivity contribution < 1.29 is 4.74 Å². The Morgan fingerprint density at radius 3 is 2.47 bits per heavy atom. The van der Waals surface area contributed by atoms with Gasteiger partial charge in [-0.15, -0.1) is 0 Å². The first-order chi connectivity index (χ1) is 9.25. The molecule has 0 spiro atoms. The highest BCUT2D eigenvalue weighted by molar-refractivity contribution is 4.75. The summed E-state index contributed by atoms with van der Waals surface area (Å²) in [4.78, 5) is 0. The van der Waals surface area contributed by atoms with E-state index in [1.54, 1.807) is 0 Å². The van der Waals surface area contributed by atoms with E-state index in [1.807, 2.05) is 0 Å². The Morgan fingerprint density at radius 1 is 0.947 bits per heavy atom. The van der Waals surface area contributed by atoms with Crippen LogP contribution in [0.1, 0.15) is 65.2 Å². The third kappa shape index (κ3) is 5.43. The molecule has 0 aliphatic heterocycles. The van der Waals surface area contributed by atoms with Gasteiger partial charge in [0.05, 0.1) is 12.7 Å². The van der Waals surface area contributed by atoms with E-state index in [1.165, 1.54) is 57.9 Å². The maximum Gasteiger partial charge on any atom is 0.0594 e. The van der Waals surface area contributed by atoms with Gasteiger partial charge in [-0.05, 0) is 56.4 Å². The molecule has 2 aliphatic carbocycles. The molecule has 0 saturated heterocycles. The van der Waals surface area contributed by atoms with Crippen molar-refractivity contribution in [2.75, 3.05) is 19.7 Å². The van der Waals surface area contributed by atoms with Gasteiger partial charge in [0.15, 0.2) is 0 Å². The minimum absolute atomic E-state index is 0.530. The first-order valence-electron chi connectivity index (χ1n) is 8.58. The molecule has 0 radical (unpaired) electrons. The highest BCUT2D eigenvalue weighted by atomic mass is 16.5. The molecule has 0 aromatic carbocycles. The van der Waals surface area contributed by atoms with Crippen molar-refractivity contribution in [1.29, 1.82) is 0 Å². The number of hydrogen-bond acceptors (Lipinski definition) is 2. The van der Waals surface area contributed by atoms with Crippen LogP contribution in [0.2, 0.25) is 0 Å². The van der Waals surface area contributed by atoms with Gasteiger partial charge in [-0.25, -0.2) is 0 Å². The predicted octanol–water partition coefficient (Wildman–Crippen LogP) is 4.00. The Labute approximate surface area is 119 Å². The summed E-state index contributed by atoms with van der Waals surface area (Å²) in [7, 11) is 0. The minimum atomic E-state index is 0.530. The summed E-state index contributed by atoms with van der Waals surface area (Å²) in [5, 5.41) is 3.59. The fourth-order valence-electron chi connectivity index (χ4n) is 3.64. The topological polar surface area (TPSA) is 21.3 Å². The van der Waals surface area contributed by atoms with Crippen LogP contribution in [0.3, 0.4) is 0 Å². The lowest BCUT2D eigenvalue weighted by Crippen LogP contribution is -2.31. The largest absolute Gasteiger partial charge is 0.377 e. The molecule has 19 heavy (non-hydrogen) atoms. The molecule has 3 atom stereocenters. The van der Waals surface area contributed by atoms with Crippen LogP contribution < -0.4 is 5.32 Å². The van der Waals surface area contributed by atoms with E-state index in [9.17, 15) is 0 Å². The van der Waals surface area contributed by atoms with Crippen LogP contribution in [-0.4, -0.2) is 25.8 Å². The zero-order valence-electron chi connectivity index (χ0n) is 13.0. The van der Waals surface area contributed by atoms with Crippen molar-refractivity contribution in [3.63, 3.8) is 0 Å². The van der Waals surface area contributed by atoms with E-state index < -0.39 is 0 Å². The molecule has 0 aromatic rings. The molecule has 0 amide bonds. The molecule has 2 nitrogen and oxygen atoms in total. The quantitative estimate of drug-likeness (QED) is 0.735. The summed E-state index contributed by atoms with van der Waals surface area (Å²) in [6.07, 6.45) is 11.6. The smallest absolute Gasteiger partial charge is 0.0594 e. The highest BCUT2D eigenvalue weighted by Gasteiger charge is 2.24. The van der Waals surface area contributed by atoms with Crippen molar-refractivity contribution >= 4 is 0 Å². The molecule has 0 heterocycles. The van der Waals surface area contributed by atoms with Gasteiger partial charge in [0, 0.05) is 6.54 Å². The van der Waals surface area contributed by atoms with Gasteiger partial charge in [0.25, 0.3) is 0 Å². The lowest BCUT2D eigenvalue weighted by atomic mass is 9.80. The van der Waals surface area contributed by atoms with E-state index >= 15 is 0 Å². The molecular formula is C17H33NO. The normalized spacial score (nSPS) is 33.5. The highest BCUT2D eigenvalue weighted by Crippen LogP contribution is 2.30. The fourth-order valence-corrected chi connectivity index (χ4v) is 3.64. The lowest BCUT2D eigenvalue weighted by Gasteiger charge is -2.32. The Bertz CT molecular complexity index is 237. The summed E-state index contributed by atoms with van der Waals surface area (Å²) >= 11 is 0. The average molecular weight is 267 g/mol. The molecule has 1 N–H and O–H groups in total. The van der Waals surface area contributed by atoms with Gasteiger partial charge in [-0.3, -0.25) is 0 Å². The van der Waals surface area contributed by atoms with Gasteiger partial charge in [0.2, 0.25) is 0 Å². The molecule has 112 valence electrons. The average Bonchev–Trinajstić information content (AvgIpc) is 2.43. The Hall–Kier alpha value is -0.0800. The Balaban J connectivity index is 1.47. The van der Waals surface area contributed by atoms with Crippen molar-refractivity contribution in [3.05, 3.63) is 0 Å². The minimum Gasteiger partial charge on any atom is -0.377 e. The summed E-state index contributed by atoms with van der Waals surface area (Å²) in [6.45, 7) is 7.91. The lowest BCUT2D eigenvalue weighted by molar-refractivity contribution is 0.00405. The predicted molar refractivity (Wildman–Crippen MR) is 81.4 cm³/mol. The third-order valence-electron chi connectivity index (χ3n) is 5.34. The molecular weight excluding hydrogens is 234 g/mol. The number of rotatable bonds is 6. The zero-order valence-corrected chi connectivity index (χ0v) is 13.0. The molecule has 2 rings (SSSR count). The van der Waals surface area contributed by atoms with Crippen LogP contribution in [0, 0.1) is 17.8 Å². The first-order valence-corrected chi connectivity index (χ1v) is 8.58. The molecule has 2 heteroatoms. The van der Waals surface area contributed by atoms with E-state index in [0.29, 0.717) is 6.10 Å². The van der Waals surface area contributed by atoms with Crippen LogP contribution in [0.5, 0.6) is 0 Å². The van der Waals surface area contributed by atoms with Crippen molar-refractivity contribution in [1.82, 2.24) is 5.32 Å². The Kier molecular flexibility index (Phi) is 6.66. The molecule has 0 bridgehead atoms. The van der Waals surface area contributed by atoms with Crippen LogP contribution in [0.15, 0.2) is 0 Å². The summed E-state index contributed by atoms with van der Waals surface area (Å²) in [6, 6.07) is 0. The van der Waals surface area contributed by atoms with E-state index in [2.05, 4.69) is 19.2 Å². The SMILES string of the molecule is CC1CCC(OCCNCC2CCCCC2)CC1C. The fraction of sp³-hybridized carbons (Fsp3) is 1.00. The van der Waals surface area contributed by atoms with Gasteiger partial charge >= 0.3 is 0 Å². The number of ether oxygens (including phenoxy) is 1. The van der Waals surface area contributed by atoms with Crippen LogP contribution in [0.4, 0.5) is 0 Å². The standard InChI is InChI=1S/C17H33NO/c1-14-8-9-17(12-15(14)2)19-11-10-18-13-16-6-4-3-5-7-16/h14-18H,3-13H2,1-2H3. The van der Waals surface area contributed by atoms with Crippen LogP contribution in [0.25, 0.3) is 0 Å². The maximum absolute atomic E-state index is 6.03. The number of nitrogens with one attached hydrogen (secondary N) is 1. The van der Waals surface area contributed by atoms with Crippen molar-refractivity contribution in [2.24, 2.45) is 17.8 Å². The van der Waals surface area contributed by atoms with Crippen LogP contribution in [-0.2, 0) is 4.74 Å². The summed E-state index contributed by atoms with van der Waals surface area (Å²) in [5.41, 5.74) is 0. The third-order valence-corrected chi connectivity index (χ3v) is 5.34. The molecule has 2 saturated carbocycles. The maximum atomic E-state index is 6.03. The molecule has 3 unspecified atom stereocenters. The van der Waals surface area contributed by atoms with Gasteiger partial charge in [-0.2, -0.15) is 0 Å². The first kappa shape index (κ1) is 15.3.